The van der Waals surface area contributed by atoms with E-state index in [2.05, 4.69) is 25.0 Å². The van der Waals surface area contributed by atoms with Crippen LogP contribution in [0.2, 0.25) is 10.0 Å². The summed E-state index contributed by atoms with van der Waals surface area (Å²) in [6.07, 6.45) is 3.73. The maximum absolute atomic E-state index is 12.5. The Balaban J connectivity index is 1.42. The summed E-state index contributed by atoms with van der Waals surface area (Å²) in [5.41, 5.74) is 1.83. The molecular weight excluding hydrogens is 465 g/mol. The van der Waals surface area contributed by atoms with Crippen LogP contribution in [0, 0.1) is 0 Å². The largest absolute Gasteiger partial charge is 0.351 e. The SMILES string of the molecule is O=C(CSc1nnc(CN2CCCCC2)n1-c1ccccc1)NCc1ccc(Cl)cc1Cl. The molecule has 0 atom stereocenters. The van der Waals surface area contributed by atoms with E-state index >= 15 is 0 Å². The van der Waals surface area contributed by atoms with Crippen molar-refractivity contribution in [3.05, 3.63) is 70.0 Å². The first-order valence-corrected chi connectivity index (χ1v) is 12.4. The predicted molar refractivity (Wildman–Crippen MR) is 130 cm³/mol. The molecule has 0 aliphatic carbocycles. The van der Waals surface area contributed by atoms with Crippen LogP contribution in [0.3, 0.4) is 0 Å². The number of hydrogen-bond donors (Lipinski definition) is 1. The van der Waals surface area contributed by atoms with E-state index in [0.717, 1.165) is 36.7 Å². The molecule has 0 radical (unpaired) electrons. The molecule has 1 saturated heterocycles. The molecule has 2 heterocycles. The van der Waals surface area contributed by atoms with Gasteiger partial charge in [0, 0.05) is 22.3 Å². The minimum absolute atomic E-state index is 0.0961. The van der Waals surface area contributed by atoms with Gasteiger partial charge in [0.25, 0.3) is 0 Å². The number of piperidine rings is 1. The molecule has 1 amide bonds. The van der Waals surface area contributed by atoms with Gasteiger partial charge in [-0.05, 0) is 55.8 Å². The van der Waals surface area contributed by atoms with E-state index in [-0.39, 0.29) is 11.7 Å². The van der Waals surface area contributed by atoms with E-state index in [1.807, 2.05) is 36.4 Å². The van der Waals surface area contributed by atoms with Crippen molar-refractivity contribution in [2.24, 2.45) is 0 Å². The minimum Gasteiger partial charge on any atom is -0.351 e. The number of nitrogens with one attached hydrogen (secondary N) is 1. The van der Waals surface area contributed by atoms with Crippen LogP contribution in [0.15, 0.2) is 53.7 Å². The van der Waals surface area contributed by atoms with Crippen molar-refractivity contribution in [1.82, 2.24) is 25.0 Å². The number of rotatable bonds is 8. The Hall–Kier alpha value is -2.06. The normalized spacial score (nSPS) is 14.4. The summed E-state index contributed by atoms with van der Waals surface area (Å²) >= 11 is 13.5. The van der Waals surface area contributed by atoms with Crippen molar-refractivity contribution >= 4 is 40.9 Å². The zero-order valence-electron chi connectivity index (χ0n) is 17.6. The van der Waals surface area contributed by atoms with Crippen LogP contribution in [0.4, 0.5) is 0 Å². The Morgan fingerprint density at radius 3 is 2.56 bits per heavy atom. The zero-order chi connectivity index (χ0) is 22.3. The maximum Gasteiger partial charge on any atom is 0.230 e. The van der Waals surface area contributed by atoms with Crippen LogP contribution in [-0.4, -0.2) is 44.4 Å². The lowest BCUT2D eigenvalue weighted by Gasteiger charge is -2.26. The number of amides is 1. The average Bonchev–Trinajstić information content (AvgIpc) is 3.20. The lowest BCUT2D eigenvalue weighted by Crippen LogP contribution is -2.30. The second-order valence-electron chi connectivity index (χ2n) is 7.71. The third-order valence-electron chi connectivity index (χ3n) is 5.35. The summed E-state index contributed by atoms with van der Waals surface area (Å²) in [6.45, 7) is 3.27. The number of likely N-dealkylation sites (tertiary alicyclic amines) is 1. The number of carbonyl (C=O) groups excluding carboxylic acids is 1. The van der Waals surface area contributed by atoms with E-state index in [9.17, 15) is 4.79 Å². The third kappa shape index (κ3) is 6.04. The molecule has 3 aromatic rings. The molecule has 1 N–H and O–H groups in total. The number of halogens is 2. The van der Waals surface area contributed by atoms with Crippen LogP contribution in [0.5, 0.6) is 0 Å². The van der Waals surface area contributed by atoms with Gasteiger partial charge in [-0.15, -0.1) is 10.2 Å². The first kappa shape index (κ1) is 23.1. The van der Waals surface area contributed by atoms with E-state index < -0.39 is 0 Å². The van der Waals surface area contributed by atoms with Crippen LogP contribution < -0.4 is 5.32 Å². The van der Waals surface area contributed by atoms with Gasteiger partial charge in [0.05, 0.1) is 12.3 Å². The van der Waals surface area contributed by atoms with Gasteiger partial charge < -0.3 is 5.32 Å². The summed E-state index contributed by atoms with van der Waals surface area (Å²) in [7, 11) is 0. The summed E-state index contributed by atoms with van der Waals surface area (Å²) < 4.78 is 2.06. The van der Waals surface area contributed by atoms with Gasteiger partial charge >= 0.3 is 0 Å². The lowest BCUT2D eigenvalue weighted by atomic mass is 10.1. The molecule has 168 valence electrons. The van der Waals surface area contributed by atoms with Gasteiger partial charge in [0.1, 0.15) is 0 Å². The summed E-state index contributed by atoms with van der Waals surface area (Å²) in [5, 5.41) is 13.6. The summed E-state index contributed by atoms with van der Waals surface area (Å²) in [4.78, 5) is 14.9. The van der Waals surface area contributed by atoms with Crippen LogP contribution in [0.1, 0.15) is 30.7 Å². The van der Waals surface area contributed by atoms with Crippen LogP contribution in [-0.2, 0) is 17.9 Å². The fraction of sp³-hybridized carbons (Fsp3) is 0.348. The van der Waals surface area contributed by atoms with Gasteiger partial charge in [0.15, 0.2) is 11.0 Å². The Labute approximate surface area is 202 Å². The van der Waals surface area contributed by atoms with Gasteiger partial charge in [-0.25, -0.2) is 0 Å². The smallest absolute Gasteiger partial charge is 0.230 e. The second kappa shape index (κ2) is 11.2. The van der Waals surface area contributed by atoms with Crippen molar-refractivity contribution in [3.63, 3.8) is 0 Å². The molecule has 1 aliphatic heterocycles. The number of aromatic nitrogens is 3. The Kier molecular flexibility index (Phi) is 8.08. The highest BCUT2D eigenvalue weighted by Crippen LogP contribution is 2.24. The summed E-state index contributed by atoms with van der Waals surface area (Å²) in [5.74, 6) is 1.04. The number of nitrogens with zero attached hydrogens (tertiary/aromatic N) is 4. The van der Waals surface area contributed by atoms with Crippen molar-refractivity contribution in [1.29, 1.82) is 0 Å². The first-order valence-electron chi connectivity index (χ1n) is 10.7. The highest BCUT2D eigenvalue weighted by atomic mass is 35.5. The maximum atomic E-state index is 12.5. The third-order valence-corrected chi connectivity index (χ3v) is 6.87. The molecule has 1 fully saturated rings. The molecule has 32 heavy (non-hydrogen) atoms. The lowest BCUT2D eigenvalue weighted by molar-refractivity contribution is -0.118. The number of benzene rings is 2. The molecule has 0 saturated carbocycles. The fourth-order valence-electron chi connectivity index (χ4n) is 3.69. The number of thioether (sulfide) groups is 1. The molecule has 2 aromatic carbocycles. The molecule has 0 spiro atoms. The predicted octanol–water partition coefficient (Wildman–Crippen LogP) is 4.97. The van der Waals surface area contributed by atoms with E-state index in [1.54, 1.807) is 12.1 Å². The van der Waals surface area contributed by atoms with Crippen molar-refractivity contribution in [3.8, 4) is 5.69 Å². The minimum atomic E-state index is -0.0961. The first-order chi connectivity index (χ1) is 15.6. The highest BCUT2D eigenvalue weighted by Gasteiger charge is 2.19. The van der Waals surface area contributed by atoms with Gasteiger partial charge in [-0.2, -0.15) is 0 Å². The standard InChI is InChI=1S/C23H25Cl2N5OS/c24-18-10-9-17(20(25)13-18)14-26-22(31)16-32-23-28-27-21(15-29-11-5-2-6-12-29)30(23)19-7-3-1-4-8-19/h1,3-4,7-10,13H,2,5-6,11-12,14-16H2,(H,26,31). The molecule has 1 aromatic heterocycles. The van der Waals surface area contributed by atoms with Gasteiger partial charge in [-0.1, -0.05) is 65.7 Å². The molecule has 1 aliphatic rings. The van der Waals surface area contributed by atoms with Crippen LogP contribution in [0.25, 0.3) is 5.69 Å². The molecule has 6 nitrogen and oxygen atoms in total. The highest BCUT2D eigenvalue weighted by molar-refractivity contribution is 7.99. The Morgan fingerprint density at radius 1 is 1.03 bits per heavy atom. The van der Waals surface area contributed by atoms with E-state index in [4.69, 9.17) is 23.2 Å². The van der Waals surface area contributed by atoms with E-state index in [1.165, 1.54) is 31.0 Å². The molecule has 0 bridgehead atoms. The Morgan fingerprint density at radius 2 is 1.81 bits per heavy atom. The monoisotopic (exact) mass is 489 g/mol. The number of hydrogen-bond acceptors (Lipinski definition) is 5. The number of carbonyl (C=O) groups is 1. The zero-order valence-corrected chi connectivity index (χ0v) is 20.0. The van der Waals surface area contributed by atoms with E-state index in [0.29, 0.717) is 21.7 Å². The fourth-order valence-corrected chi connectivity index (χ4v) is 4.97. The molecule has 4 rings (SSSR count). The molecule has 0 unspecified atom stereocenters. The average molecular weight is 490 g/mol. The quantitative estimate of drug-likeness (QED) is 0.452. The van der Waals surface area contributed by atoms with Crippen molar-refractivity contribution < 1.29 is 4.79 Å². The van der Waals surface area contributed by atoms with Gasteiger partial charge in [0.2, 0.25) is 5.91 Å². The topological polar surface area (TPSA) is 63.1 Å². The Bertz CT molecular complexity index is 1050. The molecular formula is C23H25Cl2N5OS. The molecule has 9 heteroatoms. The second-order valence-corrected chi connectivity index (χ2v) is 9.49. The van der Waals surface area contributed by atoms with Gasteiger partial charge in [-0.3, -0.25) is 14.3 Å². The van der Waals surface area contributed by atoms with Crippen LogP contribution >= 0.6 is 35.0 Å². The van der Waals surface area contributed by atoms with Crippen molar-refractivity contribution in [2.75, 3.05) is 18.8 Å². The van der Waals surface area contributed by atoms with Crippen molar-refractivity contribution in [2.45, 2.75) is 37.5 Å². The summed E-state index contributed by atoms with van der Waals surface area (Å²) in [6, 6.07) is 15.3. The number of para-hydroxylation sites is 1.